The number of halogens is 2. The molecule has 4 N–H and O–H groups in total. The van der Waals surface area contributed by atoms with Crippen molar-refractivity contribution >= 4 is 27.9 Å². The van der Waals surface area contributed by atoms with Gasteiger partial charge in [0.2, 0.25) is 0 Å². The van der Waals surface area contributed by atoms with Crippen molar-refractivity contribution in [3.05, 3.63) is 23.1 Å². The molecule has 0 fully saturated rings. The summed E-state index contributed by atoms with van der Waals surface area (Å²) in [5, 5.41) is 14.0. The van der Waals surface area contributed by atoms with Crippen LogP contribution in [-0.2, 0) is 0 Å². The molecular formula is C11H12F2N4OS. The van der Waals surface area contributed by atoms with Crippen LogP contribution in [-0.4, -0.2) is 25.4 Å². The lowest BCUT2D eigenvalue weighted by molar-refractivity contribution is 0.0963. The van der Waals surface area contributed by atoms with Gasteiger partial charge >= 0.3 is 0 Å². The largest absolute Gasteiger partial charge is 0.396 e. The lowest BCUT2D eigenvalue weighted by Crippen LogP contribution is -2.23. The second-order valence-electron chi connectivity index (χ2n) is 3.43. The first-order chi connectivity index (χ1) is 9.01. The number of rotatable bonds is 6. The van der Waals surface area contributed by atoms with E-state index in [1.54, 1.807) is 6.07 Å². The fourth-order valence-corrected chi connectivity index (χ4v) is 2.26. The van der Waals surface area contributed by atoms with Crippen LogP contribution in [0.4, 0.5) is 19.5 Å². The van der Waals surface area contributed by atoms with E-state index in [0.717, 1.165) is 11.3 Å². The van der Waals surface area contributed by atoms with Crippen molar-refractivity contribution in [3.8, 4) is 6.07 Å². The van der Waals surface area contributed by atoms with E-state index in [0.29, 0.717) is 0 Å². The smallest absolute Gasteiger partial charge is 0.263 e. The number of hydrogen-bond acceptors (Lipinski definition) is 5. The standard InChI is InChI=1S/C11H12F2N4OS/c1-2-3-16-10(18)9-8(15)6(4-14)11(19-9)17-5-7(12)13/h2,7,17H,1,3,5,15H2,(H,16,18). The maximum atomic E-state index is 12.1. The average molecular weight is 286 g/mol. The number of amides is 1. The molecule has 0 saturated carbocycles. The number of nitrogen functional groups attached to an aromatic ring is 1. The Hall–Kier alpha value is -2.14. The van der Waals surface area contributed by atoms with Crippen LogP contribution >= 0.6 is 11.3 Å². The maximum Gasteiger partial charge on any atom is 0.263 e. The minimum atomic E-state index is -2.56. The Balaban J connectivity index is 2.98. The van der Waals surface area contributed by atoms with E-state index in [1.807, 2.05) is 0 Å². The first kappa shape index (κ1) is 14.9. The molecule has 0 spiro atoms. The topological polar surface area (TPSA) is 90.9 Å². The fraction of sp³-hybridized carbons (Fsp3) is 0.273. The van der Waals surface area contributed by atoms with Gasteiger partial charge in [0.15, 0.2) is 0 Å². The number of nitrogens with zero attached hydrogens (tertiary/aromatic N) is 1. The summed E-state index contributed by atoms with van der Waals surface area (Å²) < 4.78 is 24.3. The predicted octanol–water partition coefficient (Wildman–Crippen LogP) is 1.79. The molecule has 1 heterocycles. The Morgan fingerprint density at radius 3 is 2.84 bits per heavy atom. The normalized spacial score (nSPS) is 10.0. The molecule has 1 aromatic heterocycles. The van der Waals surface area contributed by atoms with E-state index in [-0.39, 0.29) is 27.7 Å². The Kier molecular flexibility index (Phi) is 5.26. The van der Waals surface area contributed by atoms with Gasteiger partial charge in [0.25, 0.3) is 12.3 Å². The van der Waals surface area contributed by atoms with Crippen LogP contribution in [0.3, 0.4) is 0 Å². The number of alkyl halides is 2. The van der Waals surface area contributed by atoms with E-state index in [2.05, 4.69) is 17.2 Å². The molecule has 0 aliphatic rings. The third-order valence-corrected chi connectivity index (χ3v) is 3.25. The van der Waals surface area contributed by atoms with Gasteiger partial charge in [-0.05, 0) is 0 Å². The minimum Gasteiger partial charge on any atom is -0.396 e. The number of carbonyl (C=O) groups excluding carboxylic acids is 1. The van der Waals surface area contributed by atoms with Crippen LogP contribution in [0.25, 0.3) is 0 Å². The quantitative estimate of drug-likeness (QED) is 0.695. The van der Waals surface area contributed by atoms with E-state index >= 15 is 0 Å². The second-order valence-corrected chi connectivity index (χ2v) is 4.45. The molecule has 0 radical (unpaired) electrons. The van der Waals surface area contributed by atoms with E-state index < -0.39 is 18.9 Å². The molecule has 1 aromatic rings. The van der Waals surface area contributed by atoms with E-state index in [1.165, 1.54) is 6.08 Å². The number of nitrogens with one attached hydrogen (secondary N) is 2. The lowest BCUT2D eigenvalue weighted by atomic mass is 10.2. The van der Waals surface area contributed by atoms with Crippen LogP contribution in [0.1, 0.15) is 15.2 Å². The number of hydrogen-bond donors (Lipinski definition) is 3. The van der Waals surface area contributed by atoms with Crippen molar-refractivity contribution in [1.29, 1.82) is 5.26 Å². The highest BCUT2D eigenvalue weighted by Gasteiger charge is 2.21. The molecule has 0 atom stereocenters. The van der Waals surface area contributed by atoms with Gasteiger partial charge in [-0.2, -0.15) is 5.26 Å². The zero-order valence-electron chi connectivity index (χ0n) is 9.87. The molecule has 0 saturated heterocycles. The SMILES string of the molecule is C=CCNC(=O)c1sc(NCC(F)F)c(C#N)c1N. The summed E-state index contributed by atoms with van der Waals surface area (Å²) in [4.78, 5) is 11.9. The Morgan fingerprint density at radius 2 is 2.32 bits per heavy atom. The van der Waals surface area contributed by atoms with E-state index in [9.17, 15) is 13.6 Å². The van der Waals surface area contributed by atoms with Crippen molar-refractivity contribution in [1.82, 2.24) is 5.32 Å². The summed E-state index contributed by atoms with van der Waals surface area (Å²) in [6, 6.07) is 1.80. The molecule has 0 aliphatic carbocycles. The average Bonchev–Trinajstić information content (AvgIpc) is 2.69. The van der Waals surface area contributed by atoms with Crippen molar-refractivity contribution in [3.63, 3.8) is 0 Å². The van der Waals surface area contributed by atoms with Gasteiger partial charge in [-0.1, -0.05) is 6.08 Å². The Labute approximate surface area is 112 Å². The van der Waals surface area contributed by atoms with Crippen LogP contribution in [0.15, 0.2) is 12.7 Å². The molecule has 0 aliphatic heterocycles. The molecule has 102 valence electrons. The van der Waals surface area contributed by atoms with Crippen molar-refractivity contribution in [2.45, 2.75) is 6.43 Å². The lowest BCUT2D eigenvalue weighted by Gasteiger charge is -2.02. The molecule has 1 amide bonds. The van der Waals surface area contributed by atoms with Crippen LogP contribution in [0.5, 0.6) is 0 Å². The Bertz CT molecular complexity index is 522. The number of anilines is 2. The molecule has 0 aromatic carbocycles. The number of nitrogens with two attached hydrogens (primary N) is 1. The van der Waals surface area contributed by atoms with Crippen molar-refractivity contribution in [2.24, 2.45) is 0 Å². The first-order valence-electron chi connectivity index (χ1n) is 5.24. The zero-order valence-corrected chi connectivity index (χ0v) is 10.7. The van der Waals surface area contributed by atoms with Crippen LogP contribution in [0, 0.1) is 11.3 Å². The van der Waals surface area contributed by atoms with Gasteiger partial charge in [0.1, 0.15) is 21.5 Å². The third kappa shape index (κ3) is 3.66. The van der Waals surface area contributed by atoms with Crippen LogP contribution in [0.2, 0.25) is 0 Å². The number of thiophene rings is 1. The van der Waals surface area contributed by atoms with Gasteiger partial charge < -0.3 is 16.4 Å². The molecule has 8 heteroatoms. The molecule has 19 heavy (non-hydrogen) atoms. The number of nitriles is 1. The van der Waals surface area contributed by atoms with Crippen LogP contribution < -0.4 is 16.4 Å². The van der Waals surface area contributed by atoms with Crippen molar-refractivity contribution in [2.75, 3.05) is 24.1 Å². The predicted molar refractivity (Wildman–Crippen MR) is 70.5 cm³/mol. The molecule has 5 nitrogen and oxygen atoms in total. The van der Waals surface area contributed by atoms with Gasteiger partial charge in [0.05, 0.1) is 12.2 Å². The minimum absolute atomic E-state index is 0.00849. The van der Waals surface area contributed by atoms with Gasteiger partial charge in [-0.15, -0.1) is 17.9 Å². The summed E-state index contributed by atoms with van der Waals surface area (Å²) in [7, 11) is 0. The highest BCUT2D eigenvalue weighted by Crippen LogP contribution is 2.35. The van der Waals surface area contributed by atoms with Crippen molar-refractivity contribution < 1.29 is 13.6 Å². The molecule has 0 bridgehead atoms. The van der Waals surface area contributed by atoms with Gasteiger partial charge in [0, 0.05) is 6.54 Å². The molecule has 1 rings (SSSR count). The molecular weight excluding hydrogens is 274 g/mol. The van der Waals surface area contributed by atoms with Gasteiger partial charge in [-0.25, -0.2) is 8.78 Å². The highest BCUT2D eigenvalue weighted by atomic mass is 32.1. The summed E-state index contributed by atoms with van der Waals surface area (Å²) in [5.74, 6) is -0.469. The fourth-order valence-electron chi connectivity index (χ4n) is 1.26. The Morgan fingerprint density at radius 1 is 1.63 bits per heavy atom. The molecule has 0 unspecified atom stereocenters. The second kappa shape index (κ2) is 6.70. The van der Waals surface area contributed by atoms with Gasteiger partial charge in [-0.3, -0.25) is 4.79 Å². The maximum absolute atomic E-state index is 12.1. The third-order valence-electron chi connectivity index (χ3n) is 2.09. The summed E-state index contributed by atoms with van der Waals surface area (Å²) in [6.07, 6.45) is -1.07. The van der Waals surface area contributed by atoms with E-state index in [4.69, 9.17) is 11.0 Å². The highest BCUT2D eigenvalue weighted by molar-refractivity contribution is 7.18. The zero-order chi connectivity index (χ0) is 14.4. The summed E-state index contributed by atoms with van der Waals surface area (Å²) >= 11 is 0.873. The monoisotopic (exact) mass is 286 g/mol. The summed E-state index contributed by atoms with van der Waals surface area (Å²) in [5.41, 5.74) is 5.67. The summed E-state index contributed by atoms with van der Waals surface area (Å²) in [6.45, 7) is 3.09. The number of carbonyl (C=O) groups is 1. The first-order valence-corrected chi connectivity index (χ1v) is 6.06.